The zero-order valence-electron chi connectivity index (χ0n) is 13.8. The molecule has 3 aromatic carbocycles. The van der Waals surface area contributed by atoms with E-state index >= 15 is 0 Å². The summed E-state index contributed by atoms with van der Waals surface area (Å²) in [7, 11) is 0. The maximum atomic E-state index is 6.25. The summed E-state index contributed by atoms with van der Waals surface area (Å²) < 4.78 is 3.15. The first-order chi connectivity index (χ1) is 12.5. The predicted molar refractivity (Wildman–Crippen MR) is 125 cm³/mol. The van der Waals surface area contributed by atoms with E-state index in [9.17, 15) is 0 Å². The molecule has 3 rings (SSSR count). The Morgan fingerprint density at radius 1 is 0.577 bits per heavy atom. The van der Waals surface area contributed by atoms with Gasteiger partial charge in [-0.15, -0.1) is 0 Å². The zero-order valence-corrected chi connectivity index (χ0v) is 18.6. The van der Waals surface area contributed by atoms with Crippen molar-refractivity contribution in [3.8, 4) is 0 Å². The number of benzene rings is 3. The summed E-state index contributed by atoms with van der Waals surface area (Å²) in [6.45, 7) is 0. The minimum atomic E-state index is 0.747. The van der Waals surface area contributed by atoms with Crippen molar-refractivity contribution in [1.29, 1.82) is 0 Å². The van der Waals surface area contributed by atoms with Crippen molar-refractivity contribution in [1.82, 2.24) is 0 Å². The third-order valence-corrected chi connectivity index (χ3v) is 5.60. The van der Waals surface area contributed by atoms with Crippen molar-refractivity contribution in [2.45, 2.75) is 0 Å². The highest BCUT2D eigenvalue weighted by Crippen LogP contribution is 2.27. The average molecular weight is 534 g/mol. The van der Waals surface area contributed by atoms with Gasteiger partial charge in [0.2, 0.25) is 0 Å². The summed E-state index contributed by atoms with van der Waals surface area (Å²) in [5, 5.41) is 0. The molecule has 0 saturated heterocycles. The van der Waals surface area contributed by atoms with E-state index in [0.29, 0.717) is 0 Å². The second-order valence-electron chi connectivity index (χ2n) is 5.77. The van der Waals surface area contributed by atoms with Crippen LogP contribution in [0.4, 0.5) is 5.69 Å². The van der Waals surface area contributed by atoms with Crippen LogP contribution in [-0.4, -0.2) is 0 Å². The van der Waals surface area contributed by atoms with Gasteiger partial charge in [0, 0.05) is 19.1 Å². The minimum Gasteiger partial charge on any atom is -0.398 e. The van der Waals surface area contributed by atoms with Crippen molar-refractivity contribution < 1.29 is 0 Å². The number of hydrogen-bond acceptors (Lipinski definition) is 1. The summed E-state index contributed by atoms with van der Waals surface area (Å²) in [6, 6.07) is 20.4. The smallest absolute Gasteiger partial charge is 0.0394 e. The zero-order chi connectivity index (χ0) is 18.5. The lowest BCUT2D eigenvalue weighted by molar-refractivity contribution is 1.56. The molecule has 0 heterocycles. The lowest BCUT2D eigenvalue weighted by Crippen LogP contribution is -1.91. The Labute approximate surface area is 179 Å². The first-order valence-corrected chi connectivity index (χ1v) is 10.4. The van der Waals surface area contributed by atoms with Crippen LogP contribution < -0.4 is 5.73 Å². The van der Waals surface area contributed by atoms with Crippen LogP contribution >= 0.6 is 47.8 Å². The highest BCUT2D eigenvalue weighted by atomic mass is 79.9. The fourth-order valence-electron chi connectivity index (χ4n) is 2.41. The van der Waals surface area contributed by atoms with Crippen LogP contribution in [0.3, 0.4) is 0 Å². The largest absolute Gasteiger partial charge is 0.398 e. The van der Waals surface area contributed by atoms with Crippen LogP contribution in [0.5, 0.6) is 0 Å². The lowest BCUT2D eigenvalue weighted by Gasteiger charge is -2.06. The molecule has 0 unspecified atom stereocenters. The Kier molecular flexibility index (Phi) is 6.52. The van der Waals surface area contributed by atoms with Gasteiger partial charge in [0.15, 0.2) is 0 Å². The quantitative estimate of drug-likeness (QED) is 0.268. The maximum Gasteiger partial charge on any atom is 0.0394 e. The molecule has 26 heavy (non-hydrogen) atoms. The number of halogens is 3. The normalized spacial score (nSPS) is 11.5. The summed E-state index contributed by atoms with van der Waals surface area (Å²) in [4.78, 5) is 0. The molecule has 0 fully saturated rings. The molecule has 1 nitrogen and oxygen atoms in total. The second kappa shape index (κ2) is 8.85. The molecule has 0 aliphatic rings. The van der Waals surface area contributed by atoms with E-state index in [1.807, 2.05) is 42.5 Å². The molecule has 0 saturated carbocycles. The number of nitrogen functional groups attached to an aromatic ring is 1. The van der Waals surface area contributed by atoms with Crippen molar-refractivity contribution in [2.75, 3.05) is 5.73 Å². The van der Waals surface area contributed by atoms with Crippen LogP contribution in [0.2, 0.25) is 0 Å². The molecule has 3 aromatic rings. The number of hydrogen-bond donors (Lipinski definition) is 1. The topological polar surface area (TPSA) is 26.0 Å². The standard InChI is InChI=1S/C22H16Br3N/c23-19-9-3-15(4-10-19)1-7-17-14-22(26)18(13-21(17)25)8-2-16-5-11-20(24)12-6-16/h1-14H,26H2/b7-1+,8-2+. The molecule has 2 N–H and O–H groups in total. The Morgan fingerprint density at radius 2 is 1.04 bits per heavy atom. The molecule has 0 amide bonds. The fourth-order valence-corrected chi connectivity index (χ4v) is 3.44. The van der Waals surface area contributed by atoms with Gasteiger partial charge in [0.05, 0.1) is 0 Å². The first kappa shape index (κ1) is 19.2. The highest BCUT2D eigenvalue weighted by Gasteiger charge is 2.03. The number of rotatable bonds is 4. The van der Waals surface area contributed by atoms with Crippen LogP contribution in [0.25, 0.3) is 24.3 Å². The van der Waals surface area contributed by atoms with E-state index in [1.165, 1.54) is 0 Å². The van der Waals surface area contributed by atoms with Crippen LogP contribution in [0, 0.1) is 0 Å². The Balaban J connectivity index is 1.81. The van der Waals surface area contributed by atoms with Gasteiger partial charge in [0.25, 0.3) is 0 Å². The molecule has 4 heteroatoms. The predicted octanol–water partition coefficient (Wildman–Crippen LogP) is 7.90. The van der Waals surface area contributed by atoms with Crippen LogP contribution in [0.15, 0.2) is 74.1 Å². The van der Waals surface area contributed by atoms with E-state index in [4.69, 9.17) is 5.73 Å². The van der Waals surface area contributed by atoms with E-state index < -0.39 is 0 Å². The summed E-state index contributed by atoms with van der Waals surface area (Å²) in [6.07, 6.45) is 8.22. The van der Waals surface area contributed by atoms with E-state index in [0.717, 1.165) is 41.4 Å². The summed E-state index contributed by atoms with van der Waals surface area (Å²) in [5.41, 5.74) is 11.3. The molecule has 0 spiro atoms. The molecule has 0 bridgehead atoms. The lowest BCUT2D eigenvalue weighted by atomic mass is 10.1. The SMILES string of the molecule is Nc1cc(/C=C/c2ccc(Br)cc2)c(Br)cc1/C=C/c1ccc(Br)cc1. The second-order valence-corrected chi connectivity index (χ2v) is 8.46. The number of anilines is 1. The van der Waals surface area contributed by atoms with Crippen molar-refractivity contribution in [2.24, 2.45) is 0 Å². The summed E-state index contributed by atoms with van der Waals surface area (Å²) >= 11 is 10.5. The van der Waals surface area contributed by atoms with Crippen molar-refractivity contribution in [3.05, 3.63) is 96.3 Å². The summed E-state index contributed by atoms with van der Waals surface area (Å²) in [5.74, 6) is 0. The third-order valence-electron chi connectivity index (χ3n) is 3.85. The fraction of sp³-hybridized carbons (Fsp3) is 0. The van der Waals surface area contributed by atoms with Gasteiger partial charge < -0.3 is 5.73 Å². The van der Waals surface area contributed by atoms with Crippen molar-refractivity contribution >= 4 is 77.8 Å². The minimum absolute atomic E-state index is 0.747. The Hall–Kier alpha value is -1.62. The van der Waals surface area contributed by atoms with Gasteiger partial charge in [-0.25, -0.2) is 0 Å². The average Bonchev–Trinajstić information content (AvgIpc) is 2.63. The first-order valence-electron chi connectivity index (χ1n) is 7.97. The van der Waals surface area contributed by atoms with Gasteiger partial charge >= 0.3 is 0 Å². The van der Waals surface area contributed by atoms with E-state index in [1.54, 1.807) is 0 Å². The van der Waals surface area contributed by atoms with Gasteiger partial charge in [-0.1, -0.05) is 96.4 Å². The van der Waals surface area contributed by atoms with Gasteiger partial charge in [-0.05, 0) is 58.7 Å². The van der Waals surface area contributed by atoms with E-state index in [-0.39, 0.29) is 0 Å². The molecule has 0 radical (unpaired) electrons. The maximum absolute atomic E-state index is 6.25. The van der Waals surface area contributed by atoms with Gasteiger partial charge in [-0.2, -0.15) is 0 Å². The van der Waals surface area contributed by atoms with Crippen molar-refractivity contribution in [3.63, 3.8) is 0 Å². The molecule has 0 atom stereocenters. The van der Waals surface area contributed by atoms with E-state index in [2.05, 4.69) is 90.3 Å². The molecule has 0 aromatic heterocycles. The molecular weight excluding hydrogens is 518 g/mol. The van der Waals surface area contributed by atoms with Gasteiger partial charge in [0.1, 0.15) is 0 Å². The third kappa shape index (κ3) is 5.19. The monoisotopic (exact) mass is 531 g/mol. The molecule has 0 aliphatic heterocycles. The molecular formula is C22H16Br3N. The Bertz CT molecular complexity index is 875. The molecule has 130 valence electrons. The van der Waals surface area contributed by atoms with Crippen LogP contribution in [0.1, 0.15) is 22.3 Å². The Morgan fingerprint density at radius 3 is 1.54 bits per heavy atom. The van der Waals surface area contributed by atoms with Gasteiger partial charge in [-0.3, -0.25) is 0 Å². The molecule has 0 aliphatic carbocycles. The highest BCUT2D eigenvalue weighted by molar-refractivity contribution is 9.11. The van der Waals surface area contributed by atoms with Crippen LogP contribution in [-0.2, 0) is 0 Å². The number of nitrogens with two attached hydrogens (primary N) is 1.